The second-order valence-electron chi connectivity index (χ2n) is 6.67. The van der Waals surface area contributed by atoms with Crippen LogP contribution in [0.3, 0.4) is 0 Å². The number of pyridine rings is 1. The van der Waals surface area contributed by atoms with Crippen molar-refractivity contribution in [2.24, 2.45) is 0 Å². The van der Waals surface area contributed by atoms with Crippen LogP contribution >= 0.6 is 0 Å². The highest BCUT2D eigenvalue weighted by Crippen LogP contribution is 2.27. The van der Waals surface area contributed by atoms with Crippen LogP contribution in [0.25, 0.3) is 0 Å². The zero-order valence-corrected chi connectivity index (χ0v) is 15.4. The summed E-state index contributed by atoms with van der Waals surface area (Å²) in [7, 11) is 2.81. The third-order valence-corrected chi connectivity index (χ3v) is 3.70. The first-order valence-corrected chi connectivity index (χ1v) is 8.11. The summed E-state index contributed by atoms with van der Waals surface area (Å²) in [5.41, 5.74) is 0.458. The number of hydrogen-bond donors (Lipinski definition) is 0. The molecule has 2 rings (SSSR count). The number of carbonyl (C=O) groups excluding carboxylic acids is 2. The SMILES string of the molecule is COC(=O)c1ccc(N2CCN(C(=O)OC(C)(C)C)CC2)c(OC)n1. The minimum absolute atomic E-state index is 0.190. The van der Waals surface area contributed by atoms with E-state index < -0.39 is 11.6 Å². The van der Waals surface area contributed by atoms with Gasteiger partial charge < -0.3 is 24.0 Å². The Hall–Kier alpha value is -2.51. The number of methoxy groups -OCH3 is 2. The Morgan fingerprint density at radius 3 is 2.24 bits per heavy atom. The fraction of sp³-hybridized carbons (Fsp3) is 0.588. The average molecular weight is 351 g/mol. The third kappa shape index (κ3) is 4.74. The van der Waals surface area contributed by atoms with Gasteiger partial charge in [-0.1, -0.05) is 0 Å². The van der Waals surface area contributed by atoms with Gasteiger partial charge in [0.1, 0.15) is 11.3 Å². The van der Waals surface area contributed by atoms with Crippen molar-refractivity contribution in [3.05, 3.63) is 17.8 Å². The molecule has 2 heterocycles. The Labute approximate surface area is 147 Å². The van der Waals surface area contributed by atoms with Crippen LogP contribution in [0.4, 0.5) is 10.5 Å². The van der Waals surface area contributed by atoms with E-state index in [1.54, 1.807) is 17.0 Å². The van der Waals surface area contributed by atoms with Crippen LogP contribution in [0.5, 0.6) is 5.88 Å². The molecule has 1 fully saturated rings. The Kier molecular flexibility index (Phi) is 5.71. The summed E-state index contributed by atoms with van der Waals surface area (Å²) in [6.45, 7) is 7.86. The molecule has 0 unspecified atom stereocenters. The minimum atomic E-state index is -0.514. The highest BCUT2D eigenvalue weighted by molar-refractivity contribution is 5.87. The highest BCUT2D eigenvalue weighted by Gasteiger charge is 2.27. The van der Waals surface area contributed by atoms with Gasteiger partial charge in [0, 0.05) is 26.2 Å². The molecule has 0 saturated carbocycles. The molecule has 0 aromatic carbocycles. The van der Waals surface area contributed by atoms with Crippen molar-refractivity contribution in [1.29, 1.82) is 0 Å². The molecule has 0 bridgehead atoms. The normalized spacial score (nSPS) is 14.9. The first-order chi connectivity index (χ1) is 11.7. The van der Waals surface area contributed by atoms with Crippen molar-refractivity contribution in [3.63, 3.8) is 0 Å². The Morgan fingerprint density at radius 2 is 1.72 bits per heavy atom. The summed E-state index contributed by atoms with van der Waals surface area (Å²) in [6, 6.07) is 3.38. The number of anilines is 1. The topological polar surface area (TPSA) is 81.2 Å². The zero-order chi connectivity index (χ0) is 18.6. The molecule has 1 aromatic heterocycles. The van der Waals surface area contributed by atoms with E-state index >= 15 is 0 Å². The Bertz CT molecular complexity index is 634. The van der Waals surface area contributed by atoms with Gasteiger partial charge in [0.15, 0.2) is 5.69 Å². The molecule has 138 valence electrons. The molecule has 0 N–H and O–H groups in total. The number of aromatic nitrogens is 1. The molecule has 0 atom stereocenters. The van der Waals surface area contributed by atoms with Gasteiger partial charge in [0.05, 0.1) is 14.2 Å². The van der Waals surface area contributed by atoms with Gasteiger partial charge in [-0.05, 0) is 32.9 Å². The molecule has 0 spiro atoms. The fourth-order valence-electron chi connectivity index (χ4n) is 2.50. The second-order valence-corrected chi connectivity index (χ2v) is 6.67. The van der Waals surface area contributed by atoms with Crippen molar-refractivity contribution < 1.29 is 23.8 Å². The van der Waals surface area contributed by atoms with Crippen LogP contribution in [-0.2, 0) is 9.47 Å². The van der Waals surface area contributed by atoms with Gasteiger partial charge in [-0.25, -0.2) is 14.6 Å². The first kappa shape index (κ1) is 18.8. The van der Waals surface area contributed by atoms with E-state index in [1.807, 2.05) is 20.8 Å². The largest absolute Gasteiger partial charge is 0.480 e. The predicted octanol–water partition coefficient (Wildman–Crippen LogP) is 1.93. The molecule has 0 aliphatic carbocycles. The van der Waals surface area contributed by atoms with Crippen molar-refractivity contribution in [2.45, 2.75) is 26.4 Å². The number of nitrogens with zero attached hydrogens (tertiary/aromatic N) is 3. The third-order valence-electron chi connectivity index (χ3n) is 3.70. The standard InChI is InChI=1S/C17H25N3O5/c1-17(2,3)25-16(22)20-10-8-19(9-11-20)13-7-6-12(15(21)24-5)18-14(13)23-4/h6-7H,8-11H2,1-5H3. The van der Waals surface area contributed by atoms with Gasteiger partial charge in [-0.2, -0.15) is 0 Å². The molecular formula is C17H25N3O5. The fourth-order valence-corrected chi connectivity index (χ4v) is 2.50. The monoisotopic (exact) mass is 351 g/mol. The predicted molar refractivity (Wildman–Crippen MR) is 92.1 cm³/mol. The number of hydrogen-bond acceptors (Lipinski definition) is 7. The summed E-state index contributed by atoms with van der Waals surface area (Å²) in [5, 5.41) is 0. The van der Waals surface area contributed by atoms with E-state index in [1.165, 1.54) is 14.2 Å². The molecule has 1 aromatic rings. The lowest BCUT2D eigenvalue weighted by atomic mass is 10.2. The van der Waals surface area contributed by atoms with E-state index in [0.717, 1.165) is 5.69 Å². The number of piperazine rings is 1. The van der Waals surface area contributed by atoms with Crippen LogP contribution < -0.4 is 9.64 Å². The summed E-state index contributed by atoms with van der Waals surface area (Å²) < 4.78 is 15.4. The van der Waals surface area contributed by atoms with E-state index in [2.05, 4.69) is 14.6 Å². The van der Waals surface area contributed by atoms with Crippen molar-refractivity contribution >= 4 is 17.7 Å². The van der Waals surface area contributed by atoms with Gasteiger partial charge in [-0.15, -0.1) is 0 Å². The Morgan fingerprint density at radius 1 is 1.08 bits per heavy atom. The lowest BCUT2D eigenvalue weighted by Crippen LogP contribution is -2.50. The smallest absolute Gasteiger partial charge is 0.410 e. The average Bonchev–Trinajstić information content (AvgIpc) is 2.59. The van der Waals surface area contributed by atoms with Crippen LogP contribution in [0.2, 0.25) is 0 Å². The highest BCUT2D eigenvalue weighted by atomic mass is 16.6. The number of rotatable bonds is 3. The van der Waals surface area contributed by atoms with Crippen LogP contribution in [0, 0.1) is 0 Å². The molecule has 8 nitrogen and oxygen atoms in total. The number of esters is 1. The van der Waals surface area contributed by atoms with Gasteiger partial charge >= 0.3 is 12.1 Å². The lowest BCUT2D eigenvalue weighted by Gasteiger charge is -2.36. The van der Waals surface area contributed by atoms with Crippen molar-refractivity contribution in [3.8, 4) is 5.88 Å². The zero-order valence-electron chi connectivity index (χ0n) is 15.4. The first-order valence-electron chi connectivity index (χ1n) is 8.11. The maximum Gasteiger partial charge on any atom is 0.410 e. The van der Waals surface area contributed by atoms with E-state index in [9.17, 15) is 9.59 Å². The van der Waals surface area contributed by atoms with E-state index in [0.29, 0.717) is 32.1 Å². The molecule has 8 heteroatoms. The van der Waals surface area contributed by atoms with Crippen molar-refractivity contribution in [2.75, 3.05) is 45.3 Å². The minimum Gasteiger partial charge on any atom is -0.480 e. The van der Waals surface area contributed by atoms with Crippen LogP contribution in [0.1, 0.15) is 31.3 Å². The molecule has 1 amide bonds. The van der Waals surface area contributed by atoms with Crippen LogP contribution in [-0.4, -0.2) is 67.9 Å². The number of ether oxygens (including phenoxy) is 3. The number of amides is 1. The molecule has 0 radical (unpaired) electrons. The summed E-state index contributed by atoms with van der Waals surface area (Å²) in [4.78, 5) is 31.7. The maximum absolute atomic E-state index is 12.1. The lowest BCUT2D eigenvalue weighted by molar-refractivity contribution is 0.0240. The molecule has 1 aliphatic rings. The molecule has 25 heavy (non-hydrogen) atoms. The maximum atomic E-state index is 12.1. The van der Waals surface area contributed by atoms with Gasteiger partial charge in [0.25, 0.3) is 0 Å². The summed E-state index contributed by atoms with van der Waals surface area (Å²) >= 11 is 0. The van der Waals surface area contributed by atoms with Crippen LogP contribution in [0.15, 0.2) is 12.1 Å². The molecule has 1 aliphatic heterocycles. The molecule has 1 saturated heterocycles. The number of carbonyl (C=O) groups is 2. The second kappa shape index (κ2) is 7.58. The molecular weight excluding hydrogens is 326 g/mol. The van der Waals surface area contributed by atoms with E-state index in [-0.39, 0.29) is 11.8 Å². The van der Waals surface area contributed by atoms with Crippen molar-refractivity contribution in [1.82, 2.24) is 9.88 Å². The Balaban J connectivity index is 2.05. The van der Waals surface area contributed by atoms with Gasteiger partial charge in [0.2, 0.25) is 5.88 Å². The van der Waals surface area contributed by atoms with Gasteiger partial charge in [-0.3, -0.25) is 0 Å². The van der Waals surface area contributed by atoms with E-state index in [4.69, 9.17) is 9.47 Å². The summed E-state index contributed by atoms with van der Waals surface area (Å²) in [6.07, 6.45) is -0.307. The quantitative estimate of drug-likeness (QED) is 0.770. The summed E-state index contributed by atoms with van der Waals surface area (Å²) in [5.74, 6) is -0.159.